The zero-order chi connectivity index (χ0) is 19.6. The fourth-order valence-electron chi connectivity index (χ4n) is 3.14. The van der Waals surface area contributed by atoms with Gasteiger partial charge in [0.05, 0.1) is 5.69 Å². The molecule has 1 N–H and O–H groups in total. The number of carbonyl (C=O) groups is 1. The molecule has 142 valence electrons. The van der Waals surface area contributed by atoms with Crippen molar-refractivity contribution in [3.05, 3.63) is 47.5 Å². The van der Waals surface area contributed by atoms with Gasteiger partial charge in [0.15, 0.2) is 5.82 Å². The van der Waals surface area contributed by atoms with Gasteiger partial charge in [-0.3, -0.25) is 9.48 Å². The Balaban J connectivity index is 1.89. The monoisotopic (exact) mass is 366 g/mol. The molecule has 0 saturated carbocycles. The predicted molar refractivity (Wildman–Crippen MR) is 106 cm³/mol. The van der Waals surface area contributed by atoms with E-state index in [9.17, 15) is 4.79 Å². The Morgan fingerprint density at radius 2 is 2.07 bits per heavy atom. The Kier molecular flexibility index (Phi) is 5.39. The summed E-state index contributed by atoms with van der Waals surface area (Å²) in [6, 6.07) is 7.68. The molecular formula is C20H26N6O. The first-order valence-electron chi connectivity index (χ1n) is 9.22. The lowest BCUT2D eigenvalue weighted by atomic mass is 10.1. The number of hydrogen-bond donors (Lipinski definition) is 1. The Hall–Kier alpha value is -2.96. The van der Waals surface area contributed by atoms with E-state index in [1.54, 1.807) is 11.0 Å². The van der Waals surface area contributed by atoms with E-state index in [-0.39, 0.29) is 5.91 Å². The van der Waals surface area contributed by atoms with Crippen molar-refractivity contribution in [2.45, 2.75) is 40.7 Å². The van der Waals surface area contributed by atoms with Crippen molar-refractivity contribution < 1.29 is 4.79 Å². The maximum absolute atomic E-state index is 12.9. The molecule has 2 heterocycles. The van der Waals surface area contributed by atoms with Crippen LogP contribution in [0.15, 0.2) is 30.6 Å². The average Bonchev–Trinajstić information content (AvgIpc) is 3.22. The zero-order valence-electron chi connectivity index (χ0n) is 16.5. The van der Waals surface area contributed by atoms with Crippen LogP contribution in [0.1, 0.15) is 42.5 Å². The number of aryl methyl sites for hydroxylation is 2. The minimum atomic E-state index is -0.155. The summed E-state index contributed by atoms with van der Waals surface area (Å²) >= 11 is 0. The summed E-state index contributed by atoms with van der Waals surface area (Å²) in [5.41, 5.74) is 4.18. The fraction of sp³-hybridized carbons (Fsp3) is 0.400. The van der Waals surface area contributed by atoms with E-state index < -0.39 is 0 Å². The second-order valence-corrected chi connectivity index (χ2v) is 7.13. The summed E-state index contributed by atoms with van der Waals surface area (Å²) in [6.45, 7) is 8.90. The van der Waals surface area contributed by atoms with Gasteiger partial charge < -0.3 is 9.88 Å². The third-order valence-corrected chi connectivity index (χ3v) is 4.51. The molecule has 7 heteroatoms. The van der Waals surface area contributed by atoms with Crippen molar-refractivity contribution in [3.8, 4) is 11.4 Å². The lowest BCUT2D eigenvalue weighted by molar-refractivity contribution is 0.101. The minimum absolute atomic E-state index is 0.155. The SMILES string of the molecule is CCn1nc(CC(C)C)cc1C(=O)Nc1cccc(-c2nncn2C)c1C. The molecule has 0 aliphatic carbocycles. The third kappa shape index (κ3) is 3.92. The average molecular weight is 366 g/mol. The molecule has 3 aromatic rings. The number of hydrogen-bond acceptors (Lipinski definition) is 4. The molecule has 2 aromatic heterocycles. The van der Waals surface area contributed by atoms with Gasteiger partial charge in [0.1, 0.15) is 12.0 Å². The van der Waals surface area contributed by atoms with Crippen LogP contribution in [0.25, 0.3) is 11.4 Å². The van der Waals surface area contributed by atoms with Gasteiger partial charge in [-0.15, -0.1) is 10.2 Å². The van der Waals surface area contributed by atoms with Crippen LogP contribution < -0.4 is 5.32 Å². The highest BCUT2D eigenvalue weighted by molar-refractivity contribution is 6.04. The van der Waals surface area contributed by atoms with Crippen molar-refractivity contribution in [3.63, 3.8) is 0 Å². The van der Waals surface area contributed by atoms with E-state index in [0.29, 0.717) is 18.2 Å². The molecule has 0 aliphatic heterocycles. The molecule has 27 heavy (non-hydrogen) atoms. The van der Waals surface area contributed by atoms with E-state index in [0.717, 1.165) is 34.8 Å². The molecular weight excluding hydrogens is 340 g/mol. The van der Waals surface area contributed by atoms with Gasteiger partial charge in [-0.05, 0) is 43.9 Å². The second-order valence-electron chi connectivity index (χ2n) is 7.13. The number of nitrogens with one attached hydrogen (secondary N) is 1. The molecule has 0 spiro atoms. The number of aromatic nitrogens is 5. The van der Waals surface area contributed by atoms with E-state index in [1.165, 1.54) is 0 Å². The van der Waals surface area contributed by atoms with Gasteiger partial charge in [0.25, 0.3) is 5.91 Å². The number of benzene rings is 1. The molecule has 1 aromatic carbocycles. The van der Waals surface area contributed by atoms with Crippen molar-refractivity contribution in [2.75, 3.05) is 5.32 Å². The first-order valence-corrected chi connectivity index (χ1v) is 9.22. The molecule has 0 aliphatic rings. The minimum Gasteiger partial charge on any atom is -0.320 e. The molecule has 0 saturated heterocycles. The van der Waals surface area contributed by atoms with Gasteiger partial charge in [-0.25, -0.2) is 0 Å². The van der Waals surface area contributed by atoms with Crippen LogP contribution in [0.2, 0.25) is 0 Å². The summed E-state index contributed by atoms with van der Waals surface area (Å²) in [5, 5.41) is 15.7. The lowest BCUT2D eigenvalue weighted by Gasteiger charge is -2.12. The standard InChI is InChI=1S/C20H26N6O/c1-6-26-18(11-15(24-26)10-13(2)3)20(27)22-17-9-7-8-16(14(17)4)19-23-21-12-25(19)5/h7-9,11-13H,6,10H2,1-5H3,(H,22,27). The number of nitrogens with zero attached hydrogens (tertiary/aromatic N) is 5. The van der Waals surface area contributed by atoms with Crippen molar-refractivity contribution in [1.82, 2.24) is 24.5 Å². The second kappa shape index (κ2) is 7.73. The van der Waals surface area contributed by atoms with Crippen LogP contribution in [-0.4, -0.2) is 30.5 Å². The maximum atomic E-state index is 12.9. The first kappa shape index (κ1) is 18.8. The van der Waals surface area contributed by atoms with Crippen LogP contribution in [-0.2, 0) is 20.0 Å². The molecule has 7 nitrogen and oxygen atoms in total. The number of anilines is 1. The normalized spacial score (nSPS) is 11.2. The van der Waals surface area contributed by atoms with E-state index in [2.05, 4.69) is 34.5 Å². The van der Waals surface area contributed by atoms with Gasteiger partial charge in [-0.1, -0.05) is 26.0 Å². The van der Waals surface area contributed by atoms with Crippen LogP contribution in [0.4, 0.5) is 5.69 Å². The highest BCUT2D eigenvalue weighted by Crippen LogP contribution is 2.27. The summed E-state index contributed by atoms with van der Waals surface area (Å²) in [5.74, 6) is 1.10. The Labute approximate surface area is 159 Å². The highest BCUT2D eigenvalue weighted by Gasteiger charge is 2.17. The molecule has 0 fully saturated rings. The topological polar surface area (TPSA) is 77.6 Å². The van der Waals surface area contributed by atoms with Gasteiger partial charge >= 0.3 is 0 Å². The van der Waals surface area contributed by atoms with Crippen LogP contribution in [0, 0.1) is 12.8 Å². The third-order valence-electron chi connectivity index (χ3n) is 4.51. The van der Waals surface area contributed by atoms with E-state index in [4.69, 9.17) is 0 Å². The molecule has 0 unspecified atom stereocenters. The Bertz CT molecular complexity index is 953. The molecule has 3 rings (SSSR count). The number of amides is 1. The molecule has 1 amide bonds. The first-order chi connectivity index (χ1) is 12.9. The van der Waals surface area contributed by atoms with Crippen molar-refractivity contribution in [2.24, 2.45) is 13.0 Å². The van der Waals surface area contributed by atoms with Crippen LogP contribution in [0.5, 0.6) is 0 Å². The van der Waals surface area contributed by atoms with Crippen LogP contribution >= 0.6 is 0 Å². The summed E-state index contributed by atoms with van der Waals surface area (Å²) in [7, 11) is 1.90. The highest BCUT2D eigenvalue weighted by atomic mass is 16.2. The van der Waals surface area contributed by atoms with Crippen LogP contribution in [0.3, 0.4) is 0 Å². The number of carbonyl (C=O) groups excluding carboxylic acids is 1. The molecule has 0 radical (unpaired) electrons. The smallest absolute Gasteiger partial charge is 0.273 e. The largest absolute Gasteiger partial charge is 0.320 e. The molecule has 0 atom stereocenters. The molecule has 0 bridgehead atoms. The zero-order valence-corrected chi connectivity index (χ0v) is 16.5. The Morgan fingerprint density at radius 1 is 1.30 bits per heavy atom. The summed E-state index contributed by atoms with van der Waals surface area (Å²) in [6.07, 6.45) is 2.52. The Morgan fingerprint density at radius 3 is 2.70 bits per heavy atom. The van der Waals surface area contributed by atoms with Gasteiger partial charge in [-0.2, -0.15) is 5.10 Å². The number of rotatable bonds is 6. The fourth-order valence-corrected chi connectivity index (χ4v) is 3.14. The van der Waals surface area contributed by atoms with E-state index >= 15 is 0 Å². The lowest BCUT2D eigenvalue weighted by Crippen LogP contribution is -2.18. The van der Waals surface area contributed by atoms with Crippen molar-refractivity contribution >= 4 is 11.6 Å². The van der Waals surface area contributed by atoms with Gasteiger partial charge in [0, 0.05) is 24.8 Å². The summed E-state index contributed by atoms with van der Waals surface area (Å²) in [4.78, 5) is 12.9. The summed E-state index contributed by atoms with van der Waals surface area (Å²) < 4.78 is 3.62. The maximum Gasteiger partial charge on any atom is 0.273 e. The van der Waals surface area contributed by atoms with Crippen molar-refractivity contribution in [1.29, 1.82) is 0 Å². The van der Waals surface area contributed by atoms with Gasteiger partial charge in [0.2, 0.25) is 0 Å². The van der Waals surface area contributed by atoms with E-state index in [1.807, 2.05) is 49.7 Å². The predicted octanol–water partition coefficient (Wildman–Crippen LogP) is 3.46. The quantitative estimate of drug-likeness (QED) is 0.725.